The van der Waals surface area contributed by atoms with Crippen LogP contribution in [0.5, 0.6) is 5.75 Å². The number of fused-ring (bicyclic) bond motifs is 3. The molecule has 12 heteroatoms. The summed E-state index contributed by atoms with van der Waals surface area (Å²) in [6, 6.07) is 1.16. The molecule has 2 aliphatic rings. The van der Waals surface area contributed by atoms with E-state index in [1.165, 1.54) is 6.34 Å². The summed E-state index contributed by atoms with van der Waals surface area (Å²) in [5, 5.41) is 10.8. The number of hydrogen-bond donors (Lipinski definition) is 1. The molecule has 0 spiro atoms. The maximum Gasteiger partial charge on any atom is 0.534 e. The van der Waals surface area contributed by atoms with Crippen molar-refractivity contribution in [2.75, 3.05) is 0 Å². The number of pyridine rings is 1. The Morgan fingerprint density at radius 3 is 2.64 bits per heavy atom. The Balaban J connectivity index is 1.75. The molecule has 2 aromatic heterocycles. The highest BCUT2D eigenvalue weighted by Gasteiger charge is 2.49. The molecule has 0 amide bonds. The maximum atomic E-state index is 12.7. The Kier molecular flexibility index (Phi) is 4.74. The third-order valence-electron chi connectivity index (χ3n) is 4.87. The molecule has 0 aromatic carbocycles. The number of hydrogen-bond acceptors (Lipinski definition) is 8. The first-order valence-corrected chi connectivity index (χ1v) is 10.8. The molecule has 152 valence electrons. The van der Waals surface area contributed by atoms with Gasteiger partial charge in [-0.2, -0.15) is 21.6 Å². The summed E-state index contributed by atoms with van der Waals surface area (Å²) in [6.45, 7) is 0. The lowest BCUT2D eigenvalue weighted by atomic mass is 9.94. The van der Waals surface area contributed by atoms with Crippen LogP contribution in [0.3, 0.4) is 0 Å². The van der Waals surface area contributed by atoms with Gasteiger partial charge in [-0.05, 0) is 12.8 Å². The number of halogens is 3. The highest BCUT2D eigenvalue weighted by Crippen LogP contribution is 2.48. The van der Waals surface area contributed by atoms with Crippen LogP contribution >= 0.6 is 11.3 Å². The van der Waals surface area contributed by atoms with Crippen molar-refractivity contribution in [1.29, 1.82) is 0 Å². The van der Waals surface area contributed by atoms with Crippen LogP contribution in [0, 0.1) is 0 Å². The summed E-state index contributed by atoms with van der Waals surface area (Å²) in [6.07, 6.45) is 6.67. The lowest BCUT2D eigenvalue weighted by Gasteiger charge is -2.37. The molecule has 0 bridgehead atoms. The van der Waals surface area contributed by atoms with Crippen molar-refractivity contribution in [2.24, 2.45) is 4.99 Å². The number of aliphatic hydroxyl groups excluding tert-OH is 1. The zero-order chi connectivity index (χ0) is 20.1. The zero-order valence-electron chi connectivity index (χ0n) is 14.4. The normalized spacial score (nSPS) is 21.1. The topological polar surface area (TPSA) is 92.1 Å². The average Bonchev–Trinajstić information content (AvgIpc) is 3.02. The first-order valence-electron chi connectivity index (χ1n) is 8.61. The molecule has 0 radical (unpaired) electrons. The van der Waals surface area contributed by atoms with Crippen molar-refractivity contribution in [3.63, 3.8) is 0 Å². The molecule has 1 saturated carbocycles. The number of rotatable bonds is 3. The molecule has 1 atom stereocenters. The fourth-order valence-corrected chi connectivity index (χ4v) is 5.10. The minimum Gasteiger partial charge on any atom is -0.375 e. The van der Waals surface area contributed by atoms with Crippen LogP contribution in [-0.4, -0.2) is 41.3 Å². The van der Waals surface area contributed by atoms with Crippen molar-refractivity contribution in [3.8, 4) is 5.75 Å². The van der Waals surface area contributed by atoms with Gasteiger partial charge in [0.05, 0.1) is 22.3 Å². The Bertz CT molecular complexity index is 1030. The number of thiophene rings is 1. The summed E-state index contributed by atoms with van der Waals surface area (Å²) < 4.78 is 65.3. The minimum absolute atomic E-state index is 0.0360. The van der Waals surface area contributed by atoms with Gasteiger partial charge >= 0.3 is 15.6 Å². The minimum atomic E-state index is -5.84. The van der Waals surface area contributed by atoms with Crippen molar-refractivity contribution >= 4 is 43.7 Å². The second kappa shape index (κ2) is 6.85. The van der Waals surface area contributed by atoms with E-state index in [4.69, 9.17) is 0 Å². The van der Waals surface area contributed by atoms with Crippen molar-refractivity contribution in [3.05, 3.63) is 17.1 Å². The van der Waals surface area contributed by atoms with E-state index in [1.54, 1.807) is 4.90 Å². The molecule has 28 heavy (non-hydrogen) atoms. The third kappa shape index (κ3) is 3.22. The third-order valence-corrected chi connectivity index (χ3v) is 6.96. The second-order valence-electron chi connectivity index (χ2n) is 6.64. The largest absolute Gasteiger partial charge is 0.534 e. The number of alkyl halides is 3. The van der Waals surface area contributed by atoms with Crippen molar-refractivity contribution in [1.82, 2.24) is 9.88 Å². The van der Waals surface area contributed by atoms with Gasteiger partial charge in [-0.1, -0.05) is 19.3 Å². The SMILES string of the molecule is O=S(=O)(Oc1ccnc2sc3c(c12)N=CN(C1CCCCC1)C3O)C(F)(F)F. The molecule has 1 fully saturated rings. The van der Waals surface area contributed by atoms with Gasteiger partial charge in [-0.3, -0.25) is 0 Å². The Labute approximate surface area is 162 Å². The summed E-state index contributed by atoms with van der Waals surface area (Å²) in [5.41, 5.74) is -5.38. The summed E-state index contributed by atoms with van der Waals surface area (Å²) >= 11 is 1.05. The van der Waals surface area contributed by atoms with Gasteiger partial charge in [0.25, 0.3) is 0 Å². The number of nitrogens with zero attached hydrogens (tertiary/aromatic N) is 3. The fourth-order valence-electron chi connectivity index (χ4n) is 3.53. The van der Waals surface area contributed by atoms with Crippen LogP contribution in [0.4, 0.5) is 18.9 Å². The highest BCUT2D eigenvalue weighted by atomic mass is 32.2. The molecular formula is C16H16F3N3O4S2. The van der Waals surface area contributed by atoms with Gasteiger partial charge in [0.15, 0.2) is 12.0 Å². The standard InChI is InChI=1S/C16H16F3N3O4S2/c17-16(18,19)28(24,25)26-10-6-7-20-14-11(10)12-13(27-14)15(23)22(8-21-12)9-4-2-1-3-5-9/h6-9,15,23H,1-5H2. The average molecular weight is 435 g/mol. The van der Waals surface area contributed by atoms with E-state index in [2.05, 4.69) is 14.2 Å². The van der Waals surface area contributed by atoms with Crippen LogP contribution in [0.1, 0.15) is 43.2 Å². The molecule has 1 unspecified atom stereocenters. The monoisotopic (exact) mass is 435 g/mol. The summed E-state index contributed by atoms with van der Waals surface area (Å²) in [5.74, 6) is -0.518. The van der Waals surface area contributed by atoms with E-state index in [9.17, 15) is 26.7 Å². The summed E-state index contributed by atoms with van der Waals surface area (Å²) in [7, 11) is -5.84. The van der Waals surface area contributed by atoms with Gasteiger partial charge in [0.2, 0.25) is 0 Å². The van der Waals surface area contributed by atoms with Gasteiger partial charge < -0.3 is 14.2 Å². The first kappa shape index (κ1) is 19.4. The lowest BCUT2D eigenvalue weighted by Crippen LogP contribution is -2.39. The molecule has 3 heterocycles. The van der Waals surface area contributed by atoms with E-state index in [0.717, 1.165) is 55.7 Å². The molecule has 2 aromatic rings. The number of aliphatic hydroxyl groups is 1. The van der Waals surface area contributed by atoms with Gasteiger partial charge in [0.1, 0.15) is 4.83 Å². The van der Waals surface area contributed by atoms with E-state index in [1.807, 2.05) is 0 Å². The molecule has 1 N–H and O–H groups in total. The van der Waals surface area contributed by atoms with Gasteiger partial charge in [-0.25, -0.2) is 9.98 Å². The van der Waals surface area contributed by atoms with Crippen molar-refractivity contribution < 1.29 is 30.9 Å². The van der Waals surface area contributed by atoms with Crippen LogP contribution in [0.25, 0.3) is 10.2 Å². The zero-order valence-corrected chi connectivity index (χ0v) is 16.0. The van der Waals surface area contributed by atoms with E-state index >= 15 is 0 Å². The Morgan fingerprint density at radius 1 is 1.25 bits per heavy atom. The molecular weight excluding hydrogens is 419 g/mol. The lowest BCUT2D eigenvalue weighted by molar-refractivity contribution is -0.0499. The van der Waals surface area contributed by atoms with E-state index < -0.39 is 27.6 Å². The Morgan fingerprint density at radius 2 is 1.96 bits per heavy atom. The van der Waals surface area contributed by atoms with Crippen LogP contribution in [-0.2, 0) is 10.1 Å². The molecule has 7 nitrogen and oxygen atoms in total. The van der Waals surface area contributed by atoms with Crippen LogP contribution < -0.4 is 4.18 Å². The summed E-state index contributed by atoms with van der Waals surface area (Å²) in [4.78, 5) is 10.7. The molecule has 1 aliphatic carbocycles. The quantitative estimate of drug-likeness (QED) is 0.582. The van der Waals surface area contributed by atoms with Gasteiger partial charge in [-0.15, -0.1) is 11.3 Å². The van der Waals surface area contributed by atoms with Crippen molar-refractivity contribution in [2.45, 2.75) is 49.9 Å². The predicted octanol–water partition coefficient (Wildman–Crippen LogP) is 3.82. The number of aromatic nitrogens is 1. The first-order chi connectivity index (χ1) is 13.2. The van der Waals surface area contributed by atoms with Gasteiger partial charge in [0, 0.05) is 18.3 Å². The molecule has 0 saturated heterocycles. The van der Waals surface area contributed by atoms with E-state index in [0.29, 0.717) is 4.88 Å². The second-order valence-corrected chi connectivity index (χ2v) is 9.21. The molecule has 4 rings (SSSR count). The fraction of sp³-hybridized carbons (Fsp3) is 0.500. The maximum absolute atomic E-state index is 12.7. The van der Waals surface area contributed by atoms with E-state index in [-0.39, 0.29) is 21.9 Å². The number of aliphatic imine (C=N–C) groups is 1. The van der Waals surface area contributed by atoms with Crippen LogP contribution in [0.2, 0.25) is 0 Å². The van der Waals surface area contributed by atoms with Crippen LogP contribution in [0.15, 0.2) is 17.3 Å². The predicted molar refractivity (Wildman–Crippen MR) is 97.0 cm³/mol. The Hall–Kier alpha value is -1.92. The smallest absolute Gasteiger partial charge is 0.375 e. The molecule has 1 aliphatic heterocycles. The highest BCUT2D eigenvalue weighted by molar-refractivity contribution is 7.88.